The summed E-state index contributed by atoms with van der Waals surface area (Å²) in [4.78, 5) is 24.0. The van der Waals surface area contributed by atoms with Crippen LogP contribution in [0, 0.1) is 12.7 Å². The zero-order valence-corrected chi connectivity index (χ0v) is 15.1. The van der Waals surface area contributed by atoms with Gasteiger partial charge in [-0.3, -0.25) is 4.79 Å². The van der Waals surface area contributed by atoms with Gasteiger partial charge in [-0.05, 0) is 51.0 Å². The van der Waals surface area contributed by atoms with E-state index < -0.39 is 12.0 Å². The SMILES string of the molecule is CCOC(=O)N/N=C1\CCCc2oc(C(=O)Nc3ccc(F)cc3)c(C)c21. The molecule has 7 nitrogen and oxygen atoms in total. The predicted molar refractivity (Wildman–Crippen MR) is 97.4 cm³/mol. The Morgan fingerprint density at radius 1 is 1.26 bits per heavy atom. The van der Waals surface area contributed by atoms with E-state index in [0.717, 1.165) is 12.0 Å². The van der Waals surface area contributed by atoms with Crippen LogP contribution in [0.5, 0.6) is 0 Å². The van der Waals surface area contributed by atoms with E-state index in [-0.39, 0.29) is 18.2 Å². The average molecular weight is 373 g/mol. The highest BCUT2D eigenvalue weighted by molar-refractivity contribution is 6.09. The Bertz CT molecular complexity index is 887. The summed E-state index contributed by atoms with van der Waals surface area (Å²) in [5, 5.41) is 6.82. The van der Waals surface area contributed by atoms with E-state index in [4.69, 9.17) is 9.15 Å². The maximum atomic E-state index is 13.0. The largest absolute Gasteiger partial charge is 0.455 e. The highest BCUT2D eigenvalue weighted by Gasteiger charge is 2.28. The molecule has 0 radical (unpaired) electrons. The van der Waals surface area contributed by atoms with Crippen LogP contribution in [-0.4, -0.2) is 24.3 Å². The number of carbonyl (C=O) groups is 2. The molecule has 1 aromatic heterocycles. The van der Waals surface area contributed by atoms with Gasteiger partial charge in [-0.25, -0.2) is 14.6 Å². The van der Waals surface area contributed by atoms with Crippen LogP contribution < -0.4 is 10.7 Å². The van der Waals surface area contributed by atoms with Crippen molar-refractivity contribution in [3.8, 4) is 0 Å². The van der Waals surface area contributed by atoms with Crippen LogP contribution in [0.4, 0.5) is 14.9 Å². The fourth-order valence-electron chi connectivity index (χ4n) is 2.99. The molecule has 0 saturated heterocycles. The molecule has 3 rings (SSSR count). The molecule has 0 unspecified atom stereocenters. The monoisotopic (exact) mass is 373 g/mol. The number of carbonyl (C=O) groups excluding carboxylic acids is 2. The number of aryl methyl sites for hydroxylation is 1. The first-order valence-corrected chi connectivity index (χ1v) is 8.68. The van der Waals surface area contributed by atoms with Gasteiger partial charge in [-0.15, -0.1) is 0 Å². The lowest BCUT2D eigenvalue weighted by molar-refractivity contribution is 0.0994. The molecule has 1 aliphatic carbocycles. The molecule has 0 fully saturated rings. The van der Waals surface area contributed by atoms with Crippen molar-refractivity contribution in [2.24, 2.45) is 5.10 Å². The van der Waals surface area contributed by atoms with Crippen molar-refractivity contribution in [2.45, 2.75) is 33.1 Å². The molecule has 27 heavy (non-hydrogen) atoms. The molecular weight excluding hydrogens is 353 g/mol. The molecule has 0 spiro atoms. The summed E-state index contributed by atoms with van der Waals surface area (Å²) in [5.74, 6) is 0.0290. The van der Waals surface area contributed by atoms with Gasteiger partial charge < -0.3 is 14.5 Å². The van der Waals surface area contributed by atoms with E-state index in [1.807, 2.05) is 0 Å². The molecule has 0 bridgehead atoms. The van der Waals surface area contributed by atoms with Crippen LogP contribution in [0.25, 0.3) is 0 Å². The number of nitrogens with one attached hydrogen (secondary N) is 2. The van der Waals surface area contributed by atoms with Crippen LogP contribution >= 0.6 is 0 Å². The second-order valence-electron chi connectivity index (χ2n) is 6.06. The number of nitrogens with zero attached hydrogens (tertiary/aromatic N) is 1. The summed E-state index contributed by atoms with van der Waals surface area (Å²) in [6.07, 6.45) is 1.49. The van der Waals surface area contributed by atoms with Crippen molar-refractivity contribution in [1.82, 2.24) is 5.43 Å². The molecule has 2 N–H and O–H groups in total. The van der Waals surface area contributed by atoms with E-state index in [1.165, 1.54) is 24.3 Å². The molecule has 8 heteroatoms. The molecule has 142 valence electrons. The smallest absolute Gasteiger partial charge is 0.427 e. The fourth-order valence-corrected chi connectivity index (χ4v) is 2.99. The van der Waals surface area contributed by atoms with Crippen LogP contribution in [-0.2, 0) is 11.2 Å². The number of anilines is 1. The predicted octanol–water partition coefficient (Wildman–Crippen LogP) is 3.77. The molecule has 1 heterocycles. The first-order valence-electron chi connectivity index (χ1n) is 8.68. The van der Waals surface area contributed by atoms with Crippen molar-refractivity contribution in [3.05, 3.63) is 52.7 Å². The molecule has 1 aromatic carbocycles. The molecular formula is C19H20FN3O4. The third-order valence-electron chi connectivity index (χ3n) is 4.19. The lowest BCUT2D eigenvalue weighted by Gasteiger charge is -2.13. The number of furan rings is 1. The number of ether oxygens (including phenoxy) is 1. The summed E-state index contributed by atoms with van der Waals surface area (Å²) in [6, 6.07) is 5.48. The Morgan fingerprint density at radius 2 is 2.00 bits per heavy atom. The van der Waals surface area contributed by atoms with Gasteiger partial charge in [-0.1, -0.05) is 0 Å². The Kier molecular flexibility index (Phi) is 5.54. The number of fused-ring (bicyclic) bond motifs is 1. The molecule has 2 amide bonds. The van der Waals surface area contributed by atoms with Crippen LogP contribution in [0.1, 0.15) is 47.2 Å². The lowest BCUT2D eigenvalue weighted by atomic mass is 9.93. The van der Waals surface area contributed by atoms with Crippen molar-refractivity contribution in [3.63, 3.8) is 0 Å². The van der Waals surface area contributed by atoms with E-state index in [1.54, 1.807) is 13.8 Å². The zero-order valence-electron chi connectivity index (χ0n) is 15.1. The number of rotatable bonds is 4. The quantitative estimate of drug-likeness (QED) is 0.798. The third kappa shape index (κ3) is 4.16. The molecule has 0 saturated carbocycles. The molecule has 0 aliphatic heterocycles. The van der Waals surface area contributed by atoms with Gasteiger partial charge in [0.15, 0.2) is 5.76 Å². The highest BCUT2D eigenvalue weighted by Crippen LogP contribution is 2.30. The Hall–Kier alpha value is -3.16. The van der Waals surface area contributed by atoms with Gasteiger partial charge in [0.25, 0.3) is 5.91 Å². The van der Waals surface area contributed by atoms with Gasteiger partial charge in [0.05, 0.1) is 12.3 Å². The first kappa shape index (κ1) is 18.6. The first-order chi connectivity index (χ1) is 13.0. The average Bonchev–Trinajstić information content (AvgIpc) is 3.00. The second kappa shape index (κ2) is 8.03. The number of hydrogen-bond donors (Lipinski definition) is 2. The van der Waals surface area contributed by atoms with Gasteiger partial charge in [-0.2, -0.15) is 5.10 Å². The van der Waals surface area contributed by atoms with Gasteiger partial charge >= 0.3 is 6.09 Å². The third-order valence-corrected chi connectivity index (χ3v) is 4.19. The van der Waals surface area contributed by atoms with E-state index >= 15 is 0 Å². The van der Waals surface area contributed by atoms with E-state index in [2.05, 4.69) is 15.8 Å². The Balaban J connectivity index is 1.83. The van der Waals surface area contributed by atoms with Crippen LogP contribution in [0.15, 0.2) is 33.8 Å². The Labute approximate surface area is 155 Å². The van der Waals surface area contributed by atoms with Gasteiger partial charge in [0.1, 0.15) is 11.6 Å². The normalized spacial score (nSPS) is 14.6. The minimum absolute atomic E-state index is 0.176. The topological polar surface area (TPSA) is 92.9 Å². The second-order valence-corrected chi connectivity index (χ2v) is 6.06. The molecule has 0 atom stereocenters. The van der Waals surface area contributed by atoms with Crippen molar-refractivity contribution in [1.29, 1.82) is 0 Å². The summed E-state index contributed by atoms with van der Waals surface area (Å²) in [6.45, 7) is 3.73. The summed E-state index contributed by atoms with van der Waals surface area (Å²) < 4.78 is 23.6. The maximum absolute atomic E-state index is 13.0. The fraction of sp³-hybridized carbons (Fsp3) is 0.316. The van der Waals surface area contributed by atoms with E-state index in [0.29, 0.717) is 35.6 Å². The lowest BCUT2D eigenvalue weighted by Crippen LogP contribution is -2.22. The summed E-state index contributed by atoms with van der Waals surface area (Å²) in [7, 11) is 0. The number of amides is 2. The number of hydrogen-bond acceptors (Lipinski definition) is 5. The summed E-state index contributed by atoms with van der Waals surface area (Å²) >= 11 is 0. The number of hydrazone groups is 1. The minimum atomic E-state index is -0.632. The van der Waals surface area contributed by atoms with Gasteiger partial charge in [0.2, 0.25) is 0 Å². The number of halogens is 1. The zero-order chi connectivity index (χ0) is 19.4. The number of benzene rings is 1. The maximum Gasteiger partial charge on any atom is 0.427 e. The van der Waals surface area contributed by atoms with Crippen molar-refractivity contribution in [2.75, 3.05) is 11.9 Å². The Morgan fingerprint density at radius 3 is 2.70 bits per heavy atom. The van der Waals surface area contributed by atoms with Crippen LogP contribution in [0.2, 0.25) is 0 Å². The summed E-state index contributed by atoms with van der Waals surface area (Å²) in [5.41, 5.74) is 4.85. The van der Waals surface area contributed by atoms with E-state index in [9.17, 15) is 14.0 Å². The van der Waals surface area contributed by atoms with Crippen molar-refractivity contribution < 1.29 is 23.1 Å². The van der Waals surface area contributed by atoms with Crippen LogP contribution in [0.3, 0.4) is 0 Å². The van der Waals surface area contributed by atoms with Gasteiger partial charge in [0, 0.05) is 23.2 Å². The molecule has 2 aromatic rings. The van der Waals surface area contributed by atoms with Crippen molar-refractivity contribution >= 4 is 23.4 Å². The highest BCUT2D eigenvalue weighted by atomic mass is 19.1. The molecule has 1 aliphatic rings. The minimum Gasteiger partial charge on any atom is -0.455 e. The standard InChI is InChI=1S/C19H20FN3O4/c1-3-26-19(25)23-22-14-5-4-6-15-16(14)11(2)17(27-15)18(24)21-13-9-7-12(20)8-10-13/h7-10H,3-6H2,1-2H3,(H,21,24)(H,23,25)/b22-14+.